The molecule has 0 saturated carbocycles. The van der Waals surface area contributed by atoms with Crippen LogP contribution in [-0.4, -0.2) is 18.9 Å². The molecule has 0 saturated heterocycles. The second-order valence-corrected chi connectivity index (χ2v) is 4.45. The Balaban J connectivity index is 3.56. The van der Waals surface area contributed by atoms with Crippen molar-refractivity contribution in [1.82, 2.24) is 5.32 Å². The van der Waals surface area contributed by atoms with Crippen LogP contribution in [0.3, 0.4) is 0 Å². The highest BCUT2D eigenvalue weighted by molar-refractivity contribution is 5.89. The van der Waals surface area contributed by atoms with Gasteiger partial charge in [-0.05, 0) is 43.7 Å². The van der Waals surface area contributed by atoms with E-state index in [1.807, 2.05) is 6.08 Å². The van der Waals surface area contributed by atoms with Crippen molar-refractivity contribution >= 4 is 5.78 Å². The average molecular weight is 245 g/mol. The first-order valence-electron chi connectivity index (χ1n) is 6.46. The van der Waals surface area contributed by atoms with E-state index in [4.69, 9.17) is 0 Å². The van der Waals surface area contributed by atoms with E-state index in [-0.39, 0.29) is 5.78 Å². The third-order valence-electron chi connectivity index (χ3n) is 2.12. The van der Waals surface area contributed by atoms with E-state index in [2.05, 4.69) is 42.8 Å². The average Bonchev–Trinajstić information content (AvgIpc) is 2.33. The van der Waals surface area contributed by atoms with Gasteiger partial charge in [0.2, 0.25) is 0 Å². The Morgan fingerprint density at radius 1 is 1.33 bits per heavy atom. The topological polar surface area (TPSA) is 29.1 Å². The number of carbonyl (C=O) groups excluding carboxylic acids is 1. The third-order valence-corrected chi connectivity index (χ3v) is 2.12. The lowest BCUT2D eigenvalue weighted by Crippen LogP contribution is -2.19. The summed E-state index contributed by atoms with van der Waals surface area (Å²) >= 11 is 0. The molecule has 0 aliphatic rings. The number of carbonyl (C=O) groups is 1. The number of unbranched alkanes of at least 4 members (excludes halogenated alkanes) is 1. The molecule has 0 aliphatic carbocycles. The van der Waals surface area contributed by atoms with Crippen LogP contribution < -0.4 is 5.32 Å². The van der Waals surface area contributed by atoms with Crippen molar-refractivity contribution in [2.45, 2.75) is 40.0 Å². The molecule has 0 aromatic carbocycles. The Morgan fingerprint density at radius 2 is 2.11 bits per heavy atom. The fourth-order valence-electron chi connectivity index (χ4n) is 1.25. The summed E-state index contributed by atoms with van der Waals surface area (Å²) in [5, 5.41) is 3.25. The highest BCUT2D eigenvalue weighted by Crippen LogP contribution is 1.96. The van der Waals surface area contributed by atoms with Crippen molar-refractivity contribution in [2.75, 3.05) is 13.1 Å². The molecule has 0 aromatic rings. The molecule has 98 valence electrons. The van der Waals surface area contributed by atoms with Gasteiger partial charge in [0.25, 0.3) is 0 Å². The number of allylic oxidation sites excluding steroid dienone is 1. The molecule has 18 heavy (non-hydrogen) atoms. The molecule has 0 amide bonds. The lowest BCUT2D eigenvalue weighted by molar-refractivity contribution is -0.114. The molecular weight excluding hydrogens is 222 g/mol. The number of ketones is 1. The summed E-state index contributed by atoms with van der Waals surface area (Å²) in [4.78, 5) is 11.4. The molecule has 0 aliphatic heterocycles. The van der Waals surface area contributed by atoms with Crippen LogP contribution in [-0.2, 0) is 4.79 Å². The van der Waals surface area contributed by atoms with Crippen LogP contribution in [0.15, 0.2) is 12.2 Å². The maximum Gasteiger partial charge on any atom is 0.155 e. The van der Waals surface area contributed by atoms with Crippen molar-refractivity contribution in [2.24, 2.45) is 5.92 Å². The van der Waals surface area contributed by atoms with Crippen LogP contribution in [0.2, 0.25) is 0 Å². The van der Waals surface area contributed by atoms with Crippen LogP contribution in [0, 0.1) is 29.6 Å². The summed E-state index contributed by atoms with van der Waals surface area (Å²) in [5.41, 5.74) is 0. The van der Waals surface area contributed by atoms with Crippen molar-refractivity contribution in [3.8, 4) is 23.7 Å². The Bertz CT molecular complexity index is 371. The van der Waals surface area contributed by atoms with Crippen molar-refractivity contribution < 1.29 is 4.79 Å². The van der Waals surface area contributed by atoms with Crippen molar-refractivity contribution in [3.05, 3.63) is 12.2 Å². The highest BCUT2D eigenvalue weighted by atomic mass is 16.1. The fraction of sp³-hybridized carbons (Fsp3) is 0.562. The number of rotatable bonds is 8. The Morgan fingerprint density at radius 3 is 2.78 bits per heavy atom. The van der Waals surface area contributed by atoms with E-state index < -0.39 is 0 Å². The fourth-order valence-corrected chi connectivity index (χ4v) is 1.25. The van der Waals surface area contributed by atoms with Gasteiger partial charge in [-0.1, -0.05) is 31.8 Å². The van der Waals surface area contributed by atoms with Crippen molar-refractivity contribution in [3.63, 3.8) is 0 Å². The first kappa shape index (κ1) is 16.5. The minimum atomic E-state index is 0.171. The highest BCUT2D eigenvalue weighted by Gasteiger charge is 1.95. The van der Waals surface area contributed by atoms with Gasteiger partial charge in [-0.2, -0.15) is 0 Å². The summed E-state index contributed by atoms with van der Waals surface area (Å²) in [6.45, 7) is 7.82. The molecule has 0 rings (SSSR count). The van der Waals surface area contributed by atoms with E-state index in [0.29, 0.717) is 12.3 Å². The lowest BCUT2D eigenvalue weighted by Gasteiger charge is -2.03. The van der Waals surface area contributed by atoms with E-state index in [1.54, 1.807) is 13.0 Å². The maximum atomic E-state index is 11.4. The molecule has 0 radical (unpaired) electrons. The molecule has 1 N–H and O–H groups in total. The summed E-state index contributed by atoms with van der Waals surface area (Å²) in [7, 11) is 0. The SMILES string of the molecule is CC#CC#CCCCC(=O)/C=C/CNCC(C)C. The molecule has 0 spiro atoms. The zero-order chi connectivity index (χ0) is 13.6. The summed E-state index contributed by atoms with van der Waals surface area (Å²) in [6.07, 6.45) is 5.65. The van der Waals surface area contributed by atoms with E-state index in [0.717, 1.165) is 25.9 Å². The molecule has 0 fully saturated rings. The van der Waals surface area contributed by atoms with Gasteiger partial charge in [0.15, 0.2) is 5.78 Å². The van der Waals surface area contributed by atoms with Crippen LogP contribution >= 0.6 is 0 Å². The number of hydrogen-bond donors (Lipinski definition) is 1. The van der Waals surface area contributed by atoms with Crippen LogP contribution in [0.4, 0.5) is 0 Å². The number of hydrogen-bond acceptors (Lipinski definition) is 2. The van der Waals surface area contributed by atoms with E-state index >= 15 is 0 Å². The Kier molecular flexibility index (Phi) is 11.0. The molecule has 0 heterocycles. The maximum absolute atomic E-state index is 11.4. The zero-order valence-electron chi connectivity index (χ0n) is 11.7. The standard InChI is InChI=1S/C16H23NO/c1-4-5-6-7-8-9-11-16(18)12-10-13-17-14-15(2)3/h10,12,15,17H,8-9,11,13-14H2,1-3H3/b12-10+. The number of nitrogens with one attached hydrogen (secondary N) is 1. The molecule has 0 unspecified atom stereocenters. The first-order valence-corrected chi connectivity index (χ1v) is 6.46. The largest absolute Gasteiger partial charge is 0.313 e. The summed E-state index contributed by atoms with van der Waals surface area (Å²) < 4.78 is 0. The summed E-state index contributed by atoms with van der Waals surface area (Å²) in [5.74, 6) is 11.8. The third kappa shape index (κ3) is 12.6. The summed E-state index contributed by atoms with van der Waals surface area (Å²) in [6, 6.07) is 0. The van der Waals surface area contributed by atoms with Gasteiger partial charge in [-0.25, -0.2) is 0 Å². The van der Waals surface area contributed by atoms with Gasteiger partial charge in [0.1, 0.15) is 0 Å². The predicted molar refractivity (Wildman–Crippen MR) is 76.9 cm³/mol. The molecule has 0 bridgehead atoms. The first-order chi connectivity index (χ1) is 8.66. The smallest absolute Gasteiger partial charge is 0.155 e. The second kappa shape index (κ2) is 12.0. The Hall–Kier alpha value is -1.51. The van der Waals surface area contributed by atoms with Gasteiger partial charge in [0.05, 0.1) is 0 Å². The zero-order valence-corrected chi connectivity index (χ0v) is 11.7. The molecule has 2 nitrogen and oxygen atoms in total. The van der Waals surface area contributed by atoms with Gasteiger partial charge in [0, 0.05) is 19.4 Å². The monoisotopic (exact) mass is 245 g/mol. The van der Waals surface area contributed by atoms with Gasteiger partial charge in [-0.15, -0.1) is 0 Å². The second-order valence-electron chi connectivity index (χ2n) is 4.45. The minimum Gasteiger partial charge on any atom is -0.313 e. The van der Waals surface area contributed by atoms with Crippen molar-refractivity contribution in [1.29, 1.82) is 0 Å². The normalized spacial score (nSPS) is 9.78. The van der Waals surface area contributed by atoms with Crippen LogP contribution in [0.5, 0.6) is 0 Å². The molecule has 0 aromatic heterocycles. The van der Waals surface area contributed by atoms with Gasteiger partial charge < -0.3 is 5.32 Å². The molecule has 2 heteroatoms. The van der Waals surface area contributed by atoms with E-state index in [1.165, 1.54) is 0 Å². The van der Waals surface area contributed by atoms with Gasteiger partial charge >= 0.3 is 0 Å². The lowest BCUT2D eigenvalue weighted by atomic mass is 10.1. The van der Waals surface area contributed by atoms with Crippen LogP contribution in [0.25, 0.3) is 0 Å². The molecule has 0 atom stereocenters. The molecular formula is C16H23NO. The van der Waals surface area contributed by atoms with Gasteiger partial charge in [-0.3, -0.25) is 4.79 Å². The van der Waals surface area contributed by atoms with Crippen LogP contribution in [0.1, 0.15) is 40.0 Å². The van der Waals surface area contributed by atoms with E-state index in [9.17, 15) is 4.79 Å². The Labute approximate surface area is 111 Å². The quantitative estimate of drug-likeness (QED) is 0.404. The minimum absolute atomic E-state index is 0.171. The predicted octanol–water partition coefficient (Wildman–Crippen LogP) is 2.55.